The lowest BCUT2D eigenvalue weighted by Crippen LogP contribution is -1.95. The van der Waals surface area contributed by atoms with Crippen LogP contribution >= 0.6 is 11.6 Å². The van der Waals surface area contributed by atoms with Gasteiger partial charge in [0.05, 0.1) is 12.0 Å². The van der Waals surface area contributed by atoms with Crippen molar-refractivity contribution in [3.8, 4) is 5.75 Å². The fraction of sp³-hybridized carbons (Fsp3) is 0.200. The minimum atomic E-state index is -0.496. The van der Waals surface area contributed by atoms with Gasteiger partial charge in [0, 0.05) is 11.9 Å². The smallest absolute Gasteiger partial charge is 0.311 e. The number of alkyl halides is 1. The molecule has 0 N–H and O–H groups in total. The van der Waals surface area contributed by atoms with E-state index in [-0.39, 0.29) is 17.3 Å². The molecule has 0 saturated heterocycles. The van der Waals surface area contributed by atoms with Gasteiger partial charge in [0.25, 0.3) is 0 Å². The second kappa shape index (κ2) is 4.79. The molecule has 1 rings (SSSR count). The van der Waals surface area contributed by atoms with Gasteiger partial charge in [-0.2, -0.15) is 0 Å². The van der Waals surface area contributed by atoms with E-state index < -0.39 is 4.92 Å². The monoisotopic (exact) mass is 227 g/mol. The molecule has 1 aromatic rings. The first-order chi connectivity index (χ1) is 7.10. The Labute approximate surface area is 92.3 Å². The first-order valence-corrected chi connectivity index (χ1v) is 4.70. The molecule has 0 heterocycles. The summed E-state index contributed by atoms with van der Waals surface area (Å²) in [5.41, 5.74) is 1.21. The summed E-state index contributed by atoms with van der Waals surface area (Å²) in [4.78, 5) is 10.2. The lowest BCUT2D eigenvalue weighted by Gasteiger charge is -2.05. The number of nitro benzene ring substituents is 1. The van der Waals surface area contributed by atoms with Crippen LogP contribution < -0.4 is 4.74 Å². The highest BCUT2D eigenvalue weighted by molar-refractivity contribution is 6.23. The van der Waals surface area contributed by atoms with Gasteiger partial charge in [0.2, 0.25) is 0 Å². The summed E-state index contributed by atoms with van der Waals surface area (Å²) in [6, 6.07) is 4.63. The summed E-state index contributed by atoms with van der Waals surface area (Å²) in [7, 11) is 1.39. The highest BCUT2D eigenvalue weighted by atomic mass is 35.5. The van der Waals surface area contributed by atoms with Crippen LogP contribution in [0.1, 0.15) is 5.56 Å². The van der Waals surface area contributed by atoms with Gasteiger partial charge in [-0.3, -0.25) is 10.1 Å². The molecular weight excluding hydrogens is 218 g/mol. The van der Waals surface area contributed by atoms with E-state index >= 15 is 0 Å². The van der Waals surface area contributed by atoms with Gasteiger partial charge in [-0.15, -0.1) is 11.6 Å². The second-order valence-corrected chi connectivity index (χ2v) is 3.15. The summed E-state index contributed by atoms with van der Waals surface area (Å²) in [6.45, 7) is 3.70. The summed E-state index contributed by atoms with van der Waals surface area (Å²) in [5, 5.41) is 10.7. The first kappa shape index (κ1) is 11.5. The molecule has 0 amide bonds. The Kier molecular flexibility index (Phi) is 3.68. The average molecular weight is 228 g/mol. The number of methoxy groups -OCH3 is 1. The summed E-state index contributed by atoms with van der Waals surface area (Å²) < 4.78 is 4.87. The maximum Gasteiger partial charge on any atom is 0.311 e. The van der Waals surface area contributed by atoms with E-state index in [1.807, 2.05) is 0 Å². The molecule has 0 aliphatic rings. The van der Waals surface area contributed by atoms with Crippen molar-refractivity contribution < 1.29 is 9.66 Å². The van der Waals surface area contributed by atoms with Crippen molar-refractivity contribution in [1.82, 2.24) is 0 Å². The molecule has 4 nitrogen and oxygen atoms in total. The summed E-state index contributed by atoms with van der Waals surface area (Å²) in [5.74, 6) is 0.467. The number of hydrogen-bond donors (Lipinski definition) is 0. The Hall–Kier alpha value is -1.55. The SMILES string of the molecule is C=C(CCl)c1ccc(OC)c([N+](=O)[O-])c1. The van der Waals surface area contributed by atoms with Crippen molar-refractivity contribution >= 4 is 22.9 Å². The van der Waals surface area contributed by atoms with Crippen LogP contribution in [0, 0.1) is 10.1 Å². The fourth-order valence-electron chi connectivity index (χ4n) is 1.13. The van der Waals surface area contributed by atoms with Crippen molar-refractivity contribution in [2.75, 3.05) is 13.0 Å². The van der Waals surface area contributed by atoms with E-state index in [0.29, 0.717) is 11.1 Å². The van der Waals surface area contributed by atoms with Gasteiger partial charge in [0.15, 0.2) is 5.75 Å². The van der Waals surface area contributed by atoms with Crippen LogP contribution in [0.2, 0.25) is 0 Å². The van der Waals surface area contributed by atoms with Gasteiger partial charge >= 0.3 is 5.69 Å². The topological polar surface area (TPSA) is 52.4 Å². The Morgan fingerprint density at radius 3 is 2.80 bits per heavy atom. The molecule has 15 heavy (non-hydrogen) atoms. The number of benzene rings is 1. The van der Waals surface area contributed by atoms with Crippen LogP contribution in [0.5, 0.6) is 5.75 Å². The van der Waals surface area contributed by atoms with E-state index in [1.54, 1.807) is 6.07 Å². The zero-order valence-electron chi connectivity index (χ0n) is 8.20. The largest absolute Gasteiger partial charge is 0.490 e. The molecule has 0 fully saturated rings. The zero-order chi connectivity index (χ0) is 11.4. The number of ether oxygens (including phenoxy) is 1. The van der Waals surface area contributed by atoms with E-state index in [9.17, 15) is 10.1 Å². The quantitative estimate of drug-likeness (QED) is 0.452. The Bertz CT molecular complexity index is 404. The normalized spacial score (nSPS) is 9.73. The van der Waals surface area contributed by atoms with Crippen molar-refractivity contribution in [1.29, 1.82) is 0 Å². The highest BCUT2D eigenvalue weighted by Crippen LogP contribution is 2.29. The van der Waals surface area contributed by atoms with E-state index in [2.05, 4.69) is 6.58 Å². The number of halogens is 1. The van der Waals surface area contributed by atoms with Crippen molar-refractivity contribution in [2.24, 2.45) is 0 Å². The van der Waals surface area contributed by atoms with E-state index in [1.165, 1.54) is 19.2 Å². The molecule has 0 aliphatic carbocycles. The van der Waals surface area contributed by atoms with Crippen molar-refractivity contribution in [3.05, 3.63) is 40.5 Å². The fourth-order valence-corrected chi connectivity index (χ4v) is 1.28. The minimum Gasteiger partial charge on any atom is -0.490 e. The van der Waals surface area contributed by atoms with Gasteiger partial charge in [-0.05, 0) is 17.2 Å². The molecule has 80 valence electrons. The Balaban J connectivity index is 3.22. The lowest BCUT2D eigenvalue weighted by atomic mass is 10.1. The number of rotatable bonds is 4. The summed E-state index contributed by atoms with van der Waals surface area (Å²) >= 11 is 5.59. The third-order valence-electron chi connectivity index (χ3n) is 1.95. The van der Waals surface area contributed by atoms with Crippen LogP contribution in [0.4, 0.5) is 5.69 Å². The number of hydrogen-bond acceptors (Lipinski definition) is 3. The van der Waals surface area contributed by atoms with Gasteiger partial charge in [0.1, 0.15) is 0 Å². The van der Waals surface area contributed by atoms with Crippen molar-refractivity contribution in [2.45, 2.75) is 0 Å². The molecule has 0 spiro atoms. The lowest BCUT2D eigenvalue weighted by molar-refractivity contribution is -0.385. The third kappa shape index (κ3) is 2.47. The molecule has 0 atom stereocenters. The zero-order valence-corrected chi connectivity index (χ0v) is 8.95. The van der Waals surface area contributed by atoms with Crippen LogP contribution in [0.3, 0.4) is 0 Å². The molecule has 5 heteroatoms. The van der Waals surface area contributed by atoms with Gasteiger partial charge in [-0.1, -0.05) is 12.6 Å². The highest BCUT2D eigenvalue weighted by Gasteiger charge is 2.15. The number of nitro groups is 1. The molecule has 0 bridgehead atoms. The number of nitrogens with zero attached hydrogens (tertiary/aromatic N) is 1. The Morgan fingerprint density at radius 2 is 2.33 bits per heavy atom. The van der Waals surface area contributed by atoms with Gasteiger partial charge < -0.3 is 4.74 Å². The molecule has 1 aromatic carbocycles. The summed E-state index contributed by atoms with van der Waals surface area (Å²) in [6.07, 6.45) is 0. The minimum absolute atomic E-state index is 0.0822. The predicted molar refractivity (Wildman–Crippen MR) is 59.4 cm³/mol. The second-order valence-electron chi connectivity index (χ2n) is 2.88. The standard InChI is InChI=1S/C10H10ClNO3/c1-7(6-11)8-3-4-10(15-2)9(5-8)12(13)14/h3-5H,1,6H2,2H3. The first-order valence-electron chi connectivity index (χ1n) is 4.16. The van der Waals surface area contributed by atoms with Crippen molar-refractivity contribution in [3.63, 3.8) is 0 Å². The van der Waals surface area contributed by atoms with Crippen LogP contribution in [-0.2, 0) is 0 Å². The van der Waals surface area contributed by atoms with Crippen LogP contribution in [-0.4, -0.2) is 17.9 Å². The predicted octanol–water partition coefficient (Wildman–Crippen LogP) is 2.86. The van der Waals surface area contributed by atoms with Crippen LogP contribution in [0.25, 0.3) is 5.57 Å². The molecule has 0 radical (unpaired) electrons. The maximum absolute atomic E-state index is 10.7. The third-order valence-corrected chi connectivity index (χ3v) is 2.27. The maximum atomic E-state index is 10.7. The Morgan fingerprint density at radius 1 is 1.67 bits per heavy atom. The molecule has 0 saturated carbocycles. The van der Waals surface area contributed by atoms with Gasteiger partial charge in [-0.25, -0.2) is 0 Å². The van der Waals surface area contributed by atoms with E-state index in [0.717, 1.165) is 0 Å². The van der Waals surface area contributed by atoms with E-state index in [4.69, 9.17) is 16.3 Å². The number of allylic oxidation sites excluding steroid dienone is 1. The molecule has 0 unspecified atom stereocenters. The van der Waals surface area contributed by atoms with Crippen LogP contribution in [0.15, 0.2) is 24.8 Å². The average Bonchev–Trinajstić information content (AvgIpc) is 2.27. The molecular formula is C10H10ClNO3. The molecule has 0 aliphatic heterocycles. The molecule has 0 aromatic heterocycles.